The quantitative estimate of drug-likeness (QED) is 0.0664. The van der Waals surface area contributed by atoms with Crippen molar-refractivity contribution in [2.45, 2.75) is 205 Å². The first kappa shape index (κ1) is 62.2. The summed E-state index contributed by atoms with van der Waals surface area (Å²) in [5.41, 5.74) is 10.9. The highest BCUT2D eigenvalue weighted by Crippen LogP contribution is 2.56. The van der Waals surface area contributed by atoms with Crippen molar-refractivity contribution in [3.05, 3.63) is 132 Å². The number of fused-ring (bicyclic) bond motifs is 10. The number of ether oxygens (including phenoxy) is 1. The van der Waals surface area contributed by atoms with Gasteiger partial charge >= 0.3 is 24.3 Å². The van der Waals surface area contributed by atoms with Crippen molar-refractivity contribution in [3.8, 4) is 5.75 Å². The Labute approximate surface area is 553 Å². The Hall–Kier alpha value is -7.37. The van der Waals surface area contributed by atoms with E-state index in [4.69, 9.17) is 18.0 Å². The fourth-order valence-corrected chi connectivity index (χ4v) is 21.2. The molecular formula is C68H74F3N9O13S3. The van der Waals surface area contributed by atoms with E-state index in [0.717, 1.165) is 146 Å². The molecular weight excluding hydrogens is 1300 g/mol. The maximum atomic E-state index is 14.3. The molecule has 22 nitrogen and oxygen atoms in total. The molecule has 4 aliphatic carbocycles. The summed E-state index contributed by atoms with van der Waals surface area (Å²) in [6.45, 7) is 4.90. The van der Waals surface area contributed by atoms with Gasteiger partial charge in [0.25, 0.3) is 30.1 Å². The molecule has 96 heavy (non-hydrogen) atoms. The number of furan rings is 3. The molecule has 6 amide bonds. The third-order valence-electron chi connectivity index (χ3n) is 22.7. The van der Waals surface area contributed by atoms with Crippen LogP contribution >= 0.6 is 0 Å². The van der Waals surface area contributed by atoms with Gasteiger partial charge < -0.3 is 33.9 Å². The number of alkyl halides is 3. The van der Waals surface area contributed by atoms with Gasteiger partial charge in [-0.2, -0.15) is 38.4 Å². The summed E-state index contributed by atoms with van der Waals surface area (Å²) in [5, 5.41) is 7.08. The lowest BCUT2D eigenvalue weighted by molar-refractivity contribution is -0.137. The largest absolute Gasteiger partial charge is 0.493 e. The van der Waals surface area contributed by atoms with E-state index in [1.165, 1.54) is 17.7 Å². The lowest BCUT2D eigenvalue weighted by atomic mass is 9.81. The second-order valence-electron chi connectivity index (χ2n) is 28.2. The third-order valence-corrected chi connectivity index (χ3v) is 26.3. The van der Waals surface area contributed by atoms with Crippen LogP contribution in [-0.4, -0.2) is 90.8 Å². The smallest absolute Gasteiger partial charge is 0.418 e. The van der Waals surface area contributed by atoms with Crippen molar-refractivity contribution in [2.75, 3.05) is 48.7 Å². The molecule has 0 spiro atoms. The Kier molecular flexibility index (Phi) is 15.0. The molecule has 3 saturated heterocycles. The minimum Gasteiger partial charge on any atom is -0.493 e. The Bertz CT molecular complexity index is 4610. The standard InChI is InChI=1S/C68H74F3N9O13S3/c69-68(70,71)51-15-14-36-8-3-9-43(36)60(51)74-67(83)77-96(88,89)56-30-42-34-80-24-19-39(63(42)93-56)27-53(80)57-45-11-5-13-47(45)58(48-20-25-90-64(48)57)72-65(81)75-95(86,87)55-29-41-33-79-23-18-38(62(41)92-55)26-52(79)50-31-49(35-6-1-2-7-35)59(46-12-4-10-44(46)50)73-66(82)76-94(84,85)54-28-40-32-78-21-16-37(17-22-78)61(40)91-54/h14-15,28-31,35,37-39,52-53H,1-13,16-27,32-34H2,(H2,72,75,81)(H2,73,76,82)(H2,74,77,83). The maximum Gasteiger partial charge on any atom is 0.418 e. The first-order chi connectivity index (χ1) is 46.1. The highest BCUT2D eigenvalue weighted by atomic mass is 32.2. The number of hydrogen-bond acceptors (Lipinski definition) is 16. The Morgan fingerprint density at radius 3 is 1.57 bits per heavy atom. The van der Waals surface area contributed by atoms with Crippen LogP contribution in [0.2, 0.25) is 0 Å². The Morgan fingerprint density at radius 2 is 0.958 bits per heavy atom. The number of carbonyl (C=O) groups is 3. The lowest BCUT2D eigenvalue weighted by Crippen LogP contribution is -2.36. The summed E-state index contributed by atoms with van der Waals surface area (Å²) in [4.78, 5) is 48.3. The zero-order chi connectivity index (χ0) is 65.9. The summed E-state index contributed by atoms with van der Waals surface area (Å²) in [6, 6.07) is 5.67. The van der Waals surface area contributed by atoms with Crippen molar-refractivity contribution in [1.29, 1.82) is 0 Å². The molecule has 3 aromatic carbocycles. The minimum atomic E-state index is -4.79. The number of hydrogen-bond donors (Lipinski definition) is 6. The van der Waals surface area contributed by atoms with Gasteiger partial charge in [0.1, 0.15) is 23.0 Å². The second-order valence-corrected chi connectivity index (χ2v) is 33.1. The van der Waals surface area contributed by atoms with E-state index in [9.17, 15) is 52.8 Å². The maximum absolute atomic E-state index is 14.3. The van der Waals surface area contributed by atoms with Crippen LogP contribution in [0.25, 0.3) is 0 Å². The van der Waals surface area contributed by atoms with E-state index < -0.39 is 70.7 Å². The molecule has 6 bridgehead atoms. The first-order valence-corrected chi connectivity index (χ1v) is 38.4. The number of piperidine rings is 3. The van der Waals surface area contributed by atoms with Gasteiger partial charge in [0.05, 0.1) is 23.5 Å². The number of benzene rings is 3. The summed E-state index contributed by atoms with van der Waals surface area (Å²) in [5.74, 6) is 2.32. The molecule has 0 radical (unpaired) electrons. The van der Waals surface area contributed by atoms with Crippen molar-refractivity contribution in [1.82, 2.24) is 28.9 Å². The molecule has 6 atom stereocenters. The van der Waals surface area contributed by atoms with Crippen molar-refractivity contribution in [2.24, 2.45) is 0 Å². The fraction of sp³-hybridized carbons (Fsp3) is 0.515. The van der Waals surface area contributed by atoms with Crippen LogP contribution in [0.1, 0.15) is 214 Å². The Balaban J connectivity index is 0.576. The zero-order valence-electron chi connectivity index (χ0n) is 52.7. The number of halogens is 3. The van der Waals surface area contributed by atoms with Gasteiger partial charge in [-0.15, -0.1) is 0 Å². The fourth-order valence-electron chi connectivity index (χ4n) is 18.5. The number of nitrogens with one attached hydrogen (secondary N) is 6. The van der Waals surface area contributed by atoms with Gasteiger partial charge in [0, 0.05) is 108 Å². The van der Waals surface area contributed by atoms with Crippen molar-refractivity contribution >= 4 is 65.2 Å². The molecule has 6 unspecified atom stereocenters. The second kappa shape index (κ2) is 23.1. The summed E-state index contributed by atoms with van der Waals surface area (Å²) in [6.07, 6.45) is 9.85. The molecule has 10 aliphatic heterocycles. The van der Waals surface area contributed by atoms with Crippen LogP contribution in [0.15, 0.2) is 64.9 Å². The van der Waals surface area contributed by atoms with Gasteiger partial charge in [-0.05, 0) is 192 Å². The van der Waals surface area contributed by atoms with E-state index in [-0.39, 0.29) is 52.5 Å². The molecule has 6 aromatic rings. The predicted octanol–water partition coefficient (Wildman–Crippen LogP) is 11.6. The van der Waals surface area contributed by atoms with Crippen LogP contribution in [-0.2, 0) is 101 Å². The number of aryl methyl sites for hydroxylation is 1. The van der Waals surface area contributed by atoms with Gasteiger partial charge in [-0.3, -0.25) is 14.7 Å². The first-order valence-electron chi connectivity index (χ1n) is 33.9. The number of carbonyl (C=O) groups excluding carboxylic acids is 3. The van der Waals surface area contributed by atoms with E-state index in [1.54, 1.807) is 12.1 Å². The van der Waals surface area contributed by atoms with Crippen LogP contribution in [0.5, 0.6) is 5.75 Å². The van der Waals surface area contributed by atoms with Crippen molar-refractivity contribution < 1.29 is 70.8 Å². The zero-order valence-corrected chi connectivity index (χ0v) is 55.2. The summed E-state index contributed by atoms with van der Waals surface area (Å²) >= 11 is 0. The number of nitrogens with zero attached hydrogens (tertiary/aromatic N) is 3. The molecule has 14 aliphatic rings. The van der Waals surface area contributed by atoms with E-state index in [0.29, 0.717) is 135 Å². The molecule has 3 aromatic heterocycles. The molecule has 1 saturated carbocycles. The lowest BCUT2D eigenvalue weighted by Gasteiger charge is -2.38. The van der Waals surface area contributed by atoms with Crippen LogP contribution < -0.4 is 34.9 Å². The van der Waals surface area contributed by atoms with Gasteiger partial charge in [-0.25, -0.2) is 28.5 Å². The van der Waals surface area contributed by atoms with Crippen molar-refractivity contribution in [3.63, 3.8) is 0 Å². The van der Waals surface area contributed by atoms with Crippen LogP contribution in [0.4, 0.5) is 44.6 Å². The summed E-state index contributed by atoms with van der Waals surface area (Å²) in [7, 11) is -13.5. The number of urea groups is 3. The highest BCUT2D eigenvalue weighted by molar-refractivity contribution is 7.90. The van der Waals surface area contributed by atoms with Gasteiger partial charge in [0.2, 0.25) is 15.3 Å². The number of anilines is 3. The molecule has 20 rings (SSSR count). The van der Waals surface area contributed by atoms with E-state index in [2.05, 4.69) is 46.2 Å². The number of rotatable bonds is 12. The average molecular weight is 1380 g/mol. The molecule has 6 N–H and O–H groups in total. The highest BCUT2D eigenvalue weighted by Gasteiger charge is 2.47. The molecule has 508 valence electrons. The van der Waals surface area contributed by atoms with Crippen LogP contribution in [0, 0.1) is 0 Å². The number of amides is 6. The topological polar surface area (TPSA) is 284 Å². The minimum absolute atomic E-state index is 0.0398. The normalized spacial score (nSPS) is 25.3. The van der Waals surface area contributed by atoms with Crippen LogP contribution in [0.3, 0.4) is 0 Å². The average Bonchev–Trinajstić information content (AvgIpc) is 1.55. The molecule has 4 fully saturated rings. The summed E-state index contributed by atoms with van der Waals surface area (Å²) < 4.78 is 157. The molecule has 13 heterocycles. The van der Waals surface area contributed by atoms with Gasteiger partial charge in [0.15, 0.2) is 0 Å². The van der Waals surface area contributed by atoms with E-state index >= 15 is 0 Å². The van der Waals surface area contributed by atoms with Gasteiger partial charge in [-0.1, -0.05) is 25.0 Å². The predicted molar refractivity (Wildman–Crippen MR) is 342 cm³/mol. The SMILES string of the molecule is O=C(Nc1c(C2CCCC2)cc(C2CC3CCN2Cc2cc(S(=O)(=O)NC(=O)Nc4c5c(c(C6CC7CCN6Cc6cc(S(=O)(=O)NC(=O)Nc8c(C(F)(F)F)ccc9c8CCC9)oc67)c6c4CCO6)CCC5)oc23)c2c1CCC2)NS(=O)(=O)c1cc2c(o1)C1CCN(CC1)C2. The monoisotopic (exact) mass is 1380 g/mol. The third kappa shape index (κ3) is 10.7. The molecule has 28 heteroatoms. The number of sulfonamides is 3. The van der Waals surface area contributed by atoms with E-state index in [1.807, 2.05) is 4.72 Å². The Morgan fingerprint density at radius 1 is 0.458 bits per heavy atom.